The summed E-state index contributed by atoms with van der Waals surface area (Å²) < 4.78 is 0. The standard InChI is InChI=1S/C14H29N3/c1-11(17(2)13-7-8-13)10-16-14-6-4-3-5-12(14)9-15/h11-14,16H,3-10,15H2,1-2H3. The number of hydrogen-bond acceptors (Lipinski definition) is 3. The van der Waals surface area contributed by atoms with E-state index in [1.54, 1.807) is 0 Å². The third-order valence-corrected chi connectivity index (χ3v) is 4.71. The number of rotatable bonds is 6. The van der Waals surface area contributed by atoms with Crippen LogP contribution in [0.2, 0.25) is 0 Å². The van der Waals surface area contributed by atoms with Crippen LogP contribution < -0.4 is 11.1 Å². The fourth-order valence-corrected chi connectivity index (χ4v) is 3.07. The Kier molecular flexibility index (Phi) is 4.83. The molecule has 2 aliphatic rings. The average Bonchev–Trinajstić information content (AvgIpc) is 3.19. The maximum atomic E-state index is 5.87. The molecular formula is C14H29N3. The van der Waals surface area contributed by atoms with Gasteiger partial charge in [-0.15, -0.1) is 0 Å². The van der Waals surface area contributed by atoms with Crippen molar-refractivity contribution in [3.8, 4) is 0 Å². The molecule has 3 atom stereocenters. The maximum Gasteiger partial charge on any atom is 0.0192 e. The molecule has 0 aromatic rings. The smallest absolute Gasteiger partial charge is 0.0192 e. The van der Waals surface area contributed by atoms with Crippen molar-refractivity contribution in [3.05, 3.63) is 0 Å². The lowest BCUT2D eigenvalue weighted by Crippen LogP contribution is -2.47. The van der Waals surface area contributed by atoms with E-state index in [-0.39, 0.29) is 0 Å². The molecule has 0 aliphatic heterocycles. The Morgan fingerprint density at radius 3 is 2.59 bits per heavy atom. The van der Waals surface area contributed by atoms with Crippen molar-refractivity contribution in [2.75, 3.05) is 20.1 Å². The molecule has 2 saturated carbocycles. The highest BCUT2D eigenvalue weighted by atomic mass is 15.2. The summed E-state index contributed by atoms with van der Waals surface area (Å²) in [4.78, 5) is 2.53. The fraction of sp³-hybridized carbons (Fsp3) is 1.00. The van der Waals surface area contributed by atoms with Crippen LogP contribution in [0.4, 0.5) is 0 Å². The summed E-state index contributed by atoms with van der Waals surface area (Å²) in [6, 6.07) is 2.19. The Balaban J connectivity index is 1.71. The van der Waals surface area contributed by atoms with Crippen molar-refractivity contribution in [1.82, 2.24) is 10.2 Å². The van der Waals surface area contributed by atoms with Gasteiger partial charge in [0.25, 0.3) is 0 Å². The predicted molar refractivity (Wildman–Crippen MR) is 73.1 cm³/mol. The molecule has 100 valence electrons. The molecule has 0 bridgehead atoms. The van der Waals surface area contributed by atoms with Gasteiger partial charge in [0, 0.05) is 24.7 Å². The predicted octanol–water partition coefficient (Wildman–Crippen LogP) is 1.58. The molecular weight excluding hydrogens is 210 g/mol. The van der Waals surface area contributed by atoms with Crippen LogP contribution in [0.1, 0.15) is 45.4 Å². The van der Waals surface area contributed by atoms with E-state index in [0.29, 0.717) is 18.0 Å². The highest BCUT2D eigenvalue weighted by molar-refractivity contribution is 4.87. The molecule has 3 nitrogen and oxygen atoms in total. The summed E-state index contributed by atoms with van der Waals surface area (Å²) in [5.41, 5.74) is 5.87. The van der Waals surface area contributed by atoms with Crippen LogP contribution in [0, 0.1) is 5.92 Å². The molecule has 0 amide bonds. The minimum absolute atomic E-state index is 0.655. The molecule has 3 N–H and O–H groups in total. The van der Waals surface area contributed by atoms with E-state index in [9.17, 15) is 0 Å². The molecule has 0 radical (unpaired) electrons. The summed E-state index contributed by atoms with van der Waals surface area (Å²) in [6.45, 7) is 4.31. The highest BCUT2D eigenvalue weighted by Crippen LogP contribution is 2.27. The van der Waals surface area contributed by atoms with E-state index in [0.717, 1.165) is 19.1 Å². The topological polar surface area (TPSA) is 41.3 Å². The number of likely N-dealkylation sites (N-methyl/N-ethyl adjacent to an activating group) is 1. The lowest BCUT2D eigenvalue weighted by molar-refractivity contribution is 0.209. The van der Waals surface area contributed by atoms with Gasteiger partial charge in [0.05, 0.1) is 0 Å². The van der Waals surface area contributed by atoms with Crippen LogP contribution >= 0.6 is 0 Å². The number of nitrogens with zero attached hydrogens (tertiary/aromatic N) is 1. The second-order valence-electron chi connectivity index (χ2n) is 6.04. The summed E-state index contributed by atoms with van der Waals surface area (Å²) >= 11 is 0. The van der Waals surface area contributed by atoms with Gasteiger partial charge in [-0.3, -0.25) is 4.90 Å². The van der Waals surface area contributed by atoms with Gasteiger partial charge in [0.1, 0.15) is 0 Å². The summed E-state index contributed by atoms with van der Waals surface area (Å²) in [5, 5.41) is 3.76. The highest BCUT2D eigenvalue weighted by Gasteiger charge is 2.30. The van der Waals surface area contributed by atoms with Crippen molar-refractivity contribution >= 4 is 0 Å². The average molecular weight is 239 g/mol. The number of nitrogens with one attached hydrogen (secondary N) is 1. The van der Waals surface area contributed by atoms with E-state index in [1.165, 1.54) is 38.5 Å². The van der Waals surface area contributed by atoms with Gasteiger partial charge in [-0.25, -0.2) is 0 Å². The zero-order chi connectivity index (χ0) is 12.3. The molecule has 0 aromatic heterocycles. The third-order valence-electron chi connectivity index (χ3n) is 4.71. The first kappa shape index (κ1) is 13.3. The van der Waals surface area contributed by atoms with Gasteiger partial charge >= 0.3 is 0 Å². The van der Waals surface area contributed by atoms with E-state index in [2.05, 4.69) is 24.2 Å². The summed E-state index contributed by atoms with van der Waals surface area (Å²) in [7, 11) is 2.27. The van der Waals surface area contributed by atoms with Crippen molar-refractivity contribution in [2.45, 2.75) is 63.6 Å². The van der Waals surface area contributed by atoms with Gasteiger partial charge < -0.3 is 11.1 Å². The monoisotopic (exact) mass is 239 g/mol. The molecule has 2 aliphatic carbocycles. The van der Waals surface area contributed by atoms with Gasteiger partial charge in [0.15, 0.2) is 0 Å². The Morgan fingerprint density at radius 1 is 1.24 bits per heavy atom. The van der Waals surface area contributed by atoms with Gasteiger partial charge in [-0.1, -0.05) is 12.8 Å². The first-order valence-electron chi connectivity index (χ1n) is 7.37. The van der Waals surface area contributed by atoms with Crippen molar-refractivity contribution in [1.29, 1.82) is 0 Å². The Bertz CT molecular complexity index is 228. The number of hydrogen-bond donors (Lipinski definition) is 2. The quantitative estimate of drug-likeness (QED) is 0.739. The van der Waals surface area contributed by atoms with E-state index in [1.807, 2.05) is 0 Å². The van der Waals surface area contributed by atoms with Gasteiger partial charge in [-0.2, -0.15) is 0 Å². The normalized spacial score (nSPS) is 31.8. The molecule has 2 fully saturated rings. The minimum Gasteiger partial charge on any atom is -0.330 e. The zero-order valence-corrected chi connectivity index (χ0v) is 11.5. The second-order valence-corrected chi connectivity index (χ2v) is 6.04. The van der Waals surface area contributed by atoms with Crippen molar-refractivity contribution in [3.63, 3.8) is 0 Å². The maximum absolute atomic E-state index is 5.87. The van der Waals surface area contributed by atoms with Crippen LogP contribution in [0.3, 0.4) is 0 Å². The Morgan fingerprint density at radius 2 is 1.94 bits per heavy atom. The first-order chi connectivity index (χ1) is 8.22. The van der Waals surface area contributed by atoms with Crippen molar-refractivity contribution < 1.29 is 0 Å². The van der Waals surface area contributed by atoms with Crippen LogP contribution in [-0.2, 0) is 0 Å². The molecule has 2 rings (SSSR count). The molecule has 0 saturated heterocycles. The lowest BCUT2D eigenvalue weighted by Gasteiger charge is -2.34. The summed E-state index contributed by atoms with van der Waals surface area (Å²) in [5.74, 6) is 0.710. The molecule has 3 unspecified atom stereocenters. The Hall–Kier alpha value is -0.120. The van der Waals surface area contributed by atoms with Gasteiger partial charge in [-0.05, 0) is 52.1 Å². The van der Waals surface area contributed by atoms with Crippen molar-refractivity contribution in [2.24, 2.45) is 11.7 Å². The third kappa shape index (κ3) is 3.67. The van der Waals surface area contributed by atoms with Gasteiger partial charge in [0.2, 0.25) is 0 Å². The molecule has 0 spiro atoms. The fourth-order valence-electron chi connectivity index (χ4n) is 3.07. The van der Waals surface area contributed by atoms with E-state index >= 15 is 0 Å². The lowest BCUT2D eigenvalue weighted by atomic mass is 9.84. The minimum atomic E-state index is 0.655. The molecule has 17 heavy (non-hydrogen) atoms. The number of nitrogens with two attached hydrogens (primary N) is 1. The van der Waals surface area contributed by atoms with Crippen LogP contribution in [0.15, 0.2) is 0 Å². The van der Waals surface area contributed by atoms with E-state index < -0.39 is 0 Å². The van der Waals surface area contributed by atoms with Crippen LogP contribution in [-0.4, -0.2) is 43.2 Å². The second kappa shape index (κ2) is 6.17. The summed E-state index contributed by atoms with van der Waals surface area (Å²) in [6.07, 6.45) is 8.19. The SMILES string of the molecule is CC(CNC1CCCCC1CN)N(C)C1CC1. The molecule has 3 heteroatoms. The zero-order valence-electron chi connectivity index (χ0n) is 11.5. The first-order valence-corrected chi connectivity index (χ1v) is 7.37. The molecule has 0 heterocycles. The molecule has 0 aromatic carbocycles. The van der Waals surface area contributed by atoms with E-state index in [4.69, 9.17) is 5.73 Å². The van der Waals surface area contributed by atoms with Crippen LogP contribution in [0.25, 0.3) is 0 Å². The Labute approximate surface area is 106 Å². The largest absolute Gasteiger partial charge is 0.330 e. The van der Waals surface area contributed by atoms with Crippen LogP contribution in [0.5, 0.6) is 0 Å².